The number of alkyl halides is 3. The standard InChI is InChI=1S/C14H24F3NO2/c15-14(16,17)13(12-7-4-10-20-12)18(8-9-19)11-5-2-1-3-6-11/h11-13,19H,1-10H2. The van der Waals surface area contributed by atoms with E-state index in [0.29, 0.717) is 19.4 Å². The topological polar surface area (TPSA) is 32.7 Å². The van der Waals surface area contributed by atoms with Gasteiger partial charge < -0.3 is 9.84 Å². The van der Waals surface area contributed by atoms with Crippen LogP contribution >= 0.6 is 0 Å². The largest absolute Gasteiger partial charge is 0.406 e. The second-order valence-electron chi connectivity index (χ2n) is 5.79. The molecule has 2 unspecified atom stereocenters. The highest BCUT2D eigenvalue weighted by Gasteiger charge is 2.51. The van der Waals surface area contributed by atoms with Crippen molar-refractivity contribution in [1.82, 2.24) is 4.90 Å². The van der Waals surface area contributed by atoms with Gasteiger partial charge in [-0.05, 0) is 25.7 Å². The summed E-state index contributed by atoms with van der Waals surface area (Å²) >= 11 is 0. The van der Waals surface area contributed by atoms with E-state index < -0.39 is 18.3 Å². The number of aliphatic hydroxyl groups is 1. The average Bonchev–Trinajstić information content (AvgIpc) is 2.91. The molecule has 1 aliphatic heterocycles. The maximum absolute atomic E-state index is 13.5. The summed E-state index contributed by atoms with van der Waals surface area (Å²) in [4.78, 5) is 1.47. The van der Waals surface area contributed by atoms with Crippen LogP contribution in [0.3, 0.4) is 0 Å². The van der Waals surface area contributed by atoms with Crippen LogP contribution in [-0.2, 0) is 4.74 Å². The first-order valence-corrected chi connectivity index (χ1v) is 7.59. The highest BCUT2D eigenvalue weighted by Crippen LogP contribution is 2.36. The van der Waals surface area contributed by atoms with Crippen LogP contribution in [0.15, 0.2) is 0 Å². The SMILES string of the molecule is OCCN(C1CCCCC1)C(C1CCCO1)C(F)(F)F. The molecule has 0 aromatic rings. The monoisotopic (exact) mass is 295 g/mol. The third-order valence-electron chi connectivity index (χ3n) is 4.41. The Morgan fingerprint density at radius 2 is 1.80 bits per heavy atom. The summed E-state index contributed by atoms with van der Waals surface area (Å²) in [6.07, 6.45) is 0.697. The lowest BCUT2D eigenvalue weighted by molar-refractivity contribution is -0.218. The molecule has 0 bridgehead atoms. The number of rotatable bonds is 5. The van der Waals surface area contributed by atoms with Crippen LogP contribution in [0.25, 0.3) is 0 Å². The molecular weight excluding hydrogens is 271 g/mol. The van der Waals surface area contributed by atoms with E-state index in [2.05, 4.69) is 0 Å². The highest BCUT2D eigenvalue weighted by molar-refractivity contribution is 4.92. The summed E-state index contributed by atoms with van der Waals surface area (Å²) in [5, 5.41) is 9.17. The minimum atomic E-state index is -4.30. The van der Waals surface area contributed by atoms with Crippen molar-refractivity contribution in [2.24, 2.45) is 0 Å². The van der Waals surface area contributed by atoms with Gasteiger partial charge >= 0.3 is 6.18 Å². The average molecular weight is 295 g/mol. The third kappa shape index (κ3) is 3.86. The van der Waals surface area contributed by atoms with Crippen LogP contribution in [-0.4, -0.2) is 54.1 Å². The molecule has 1 saturated heterocycles. The van der Waals surface area contributed by atoms with Crippen molar-refractivity contribution in [2.75, 3.05) is 19.8 Å². The van der Waals surface area contributed by atoms with Gasteiger partial charge in [-0.15, -0.1) is 0 Å². The van der Waals surface area contributed by atoms with E-state index in [0.717, 1.165) is 32.1 Å². The Hall–Kier alpha value is -0.330. The molecule has 2 rings (SSSR count). The molecule has 2 atom stereocenters. The smallest absolute Gasteiger partial charge is 0.395 e. The van der Waals surface area contributed by atoms with Crippen LogP contribution in [0, 0.1) is 0 Å². The predicted octanol–water partition coefficient (Wildman–Crippen LogP) is 2.72. The number of ether oxygens (including phenoxy) is 1. The number of aliphatic hydroxyl groups excluding tert-OH is 1. The summed E-state index contributed by atoms with van der Waals surface area (Å²) in [6, 6.07) is -1.65. The van der Waals surface area contributed by atoms with Gasteiger partial charge in [0.15, 0.2) is 0 Å². The van der Waals surface area contributed by atoms with Crippen molar-refractivity contribution in [2.45, 2.75) is 69.3 Å². The van der Waals surface area contributed by atoms with Gasteiger partial charge in [0.2, 0.25) is 0 Å². The lowest BCUT2D eigenvalue weighted by atomic mass is 9.91. The van der Waals surface area contributed by atoms with E-state index in [9.17, 15) is 18.3 Å². The van der Waals surface area contributed by atoms with E-state index in [-0.39, 0.29) is 19.2 Å². The molecule has 1 N–H and O–H groups in total. The first-order chi connectivity index (χ1) is 9.54. The van der Waals surface area contributed by atoms with Crippen molar-refractivity contribution in [1.29, 1.82) is 0 Å². The van der Waals surface area contributed by atoms with Gasteiger partial charge in [0.25, 0.3) is 0 Å². The Labute approximate surface area is 118 Å². The Bertz CT molecular complexity index is 287. The third-order valence-corrected chi connectivity index (χ3v) is 4.41. The fourth-order valence-corrected chi connectivity index (χ4v) is 3.54. The molecule has 6 heteroatoms. The van der Waals surface area contributed by atoms with Crippen LogP contribution < -0.4 is 0 Å². The number of nitrogens with zero attached hydrogens (tertiary/aromatic N) is 1. The van der Waals surface area contributed by atoms with Crippen molar-refractivity contribution in [3.8, 4) is 0 Å². The maximum atomic E-state index is 13.5. The Morgan fingerprint density at radius 1 is 1.10 bits per heavy atom. The van der Waals surface area contributed by atoms with Gasteiger partial charge in [-0.1, -0.05) is 19.3 Å². The predicted molar refractivity (Wildman–Crippen MR) is 69.5 cm³/mol. The second-order valence-corrected chi connectivity index (χ2v) is 5.79. The fourth-order valence-electron chi connectivity index (χ4n) is 3.54. The van der Waals surface area contributed by atoms with Gasteiger partial charge in [-0.25, -0.2) is 0 Å². The lowest BCUT2D eigenvalue weighted by Crippen LogP contribution is -2.57. The zero-order chi connectivity index (χ0) is 14.6. The molecule has 0 aromatic heterocycles. The highest BCUT2D eigenvalue weighted by atomic mass is 19.4. The van der Waals surface area contributed by atoms with Crippen LogP contribution in [0.4, 0.5) is 13.2 Å². The summed E-state index contributed by atoms with van der Waals surface area (Å²) < 4.78 is 45.8. The van der Waals surface area contributed by atoms with Crippen LogP contribution in [0.5, 0.6) is 0 Å². The van der Waals surface area contributed by atoms with Crippen LogP contribution in [0.2, 0.25) is 0 Å². The molecule has 118 valence electrons. The summed E-state index contributed by atoms with van der Waals surface area (Å²) in [7, 11) is 0. The summed E-state index contributed by atoms with van der Waals surface area (Å²) in [5.41, 5.74) is 0. The van der Waals surface area contributed by atoms with E-state index in [1.54, 1.807) is 0 Å². The minimum Gasteiger partial charge on any atom is -0.395 e. The molecule has 2 fully saturated rings. The van der Waals surface area contributed by atoms with Crippen molar-refractivity contribution in [3.63, 3.8) is 0 Å². The zero-order valence-electron chi connectivity index (χ0n) is 11.7. The van der Waals surface area contributed by atoms with Gasteiger partial charge in [0.1, 0.15) is 6.04 Å². The quantitative estimate of drug-likeness (QED) is 0.846. The molecule has 20 heavy (non-hydrogen) atoms. The van der Waals surface area contributed by atoms with E-state index in [1.807, 2.05) is 0 Å². The number of hydrogen-bond acceptors (Lipinski definition) is 3. The molecule has 1 aliphatic carbocycles. The van der Waals surface area contributed by atoms with Gasteiger partial charge in [-0.2, -0.15) is 13.2 Å². The molecule has 2 aliphatic rings. The molecular formula is C14H24F3NO2. The fraction of sp³-hybridized carbons (Fsp3) is 1.00. The normalized spacial score (nSPS) is 27.1. The minimum absolute atomic E-state index is 0.0771. The van der Waals surface area contributed by atoms with E-state index in [4.69, 9.17) is 4.74 Å². The van der Waals surface area contributed by atoms with Crippen molar-refractivity contribution < 1.29 is 23.0 Å². The van der Waals surface area contributed by atoms with Crippen LogP contribution in [0.1, 0.15) is 44.9 Å². The molecule has 1 heterocycles. The lowest BCUT2D eigenvalue weighted by Gasteiger charge is -2.42. The maximum Gasteiger partial charge on any atom is 0.406 e. The molecule has 0 spiro atoms. The first-order valence-electron chi connectivity index (χ1n) is 7.59. The molecule has 0 amide bonds. The van der Waals surface area contributed by atoms with Gasteiger partial charge in [0.05, 0.1) is 12.7 Å². The van der Waals surface area contributed by atoms with E-state index >= 15 is 0 Å². The van der Waals surface area contributed by atoms with Crippen molar-refractivity contribution >= 4 is 0 Å². The number of halogens is 3. The molecule has 0 radical (unpaired) electrons. The Balaban J connectivity index is 2.16. The summed E-state index contributed by atoms with van der Waals surface area (Å²) in [5.74, 6) is 0. The molecule has 0 aromatic carbocycles. The Morgan fingerprint density at radius 3 is 2.30 bits per heavy atom. The molecule has 3 nitrogen and oxygen atoms in total. The Kier molecular flexibility index (Phi) is 5.69. The van der Waals surface area contributed by atoms with Crippen molar-refractivity contribution in [3.05, 3.63) is 0 Å². The first kappa shape index (κ1) is 16.0. The number of hydrogen-bond donors (Lipinski definition) is 1. The van der Waals surface area contributed by atoms with E-state index in [1.165, 1.54) is 4.90 Å². The van der Waals surface area contributed by atoms with Gasteiger partial charge in [-0.3, -0.25) is 4.90 Å². The zero-order valence-corrected chi connectivity index (χ0v) is 11.7. The molecule has 1 saturated carbocycles. The second kappa shape index (κ2) is 7.09. The van der Waals surface area contributed by atoms with Gasteiger partial charge in [0, 0.05) is 19.2 Å². The summed E-state index contributed by atoms with van der Waals surface area (Å²) in [6.45, 7) is 0.249.